The molecule has 1 fully saturated rings. The van der Waals surface area contributed by atoms with E-state index in [9.17, 15) is 0 Å². The van der Waals surface area contributed by atoms with Crippen molar-refractivity contribution in [1.29, 1.82) is 0 Å². The van der Waals surface area contributed by atoms with Crippen LogP contribution in [0.1, 0.15) is 58.4 Å². The van der Waals surface area contributed by atoms with E-state index in [-0.39, 0.29) is 29.6 Å². The molecular formula is C17H29IN4O. The Morgan fingerprint density at radius 3 is 2.57 bits per heavy atom. The Balaban J connectivity index is 0.00000264. The highest BCUT2D eigenvalue weighted by Crippen LogP contribution is 2.17. The number of hydrogen-bond acceptors (Lipinski definition) is 3. The number of guanidine groups is 1. The highest BCUT2D eigenvalue weighted by Gasteiger charge is 2.14. The van der Waals surface area contributed by atoms with Gasteiger partial charge < -0.3 is 15.8 Å². The minimum absolute atomic E-state index is 0. The normalized spacial score (nSPS) is 16.6. The highest BCUT2D eigenvalue weighted by atomic mass is 127. The Kier molecular flexibility index (Phi) is 8.08. The first-order valence-electron chi connectivity index (χ1n) is 8.13. The summed E-state index contributed by atoms with van der Waals surface area (Å²) in [7, 11) is 0. The number of pyridine rings is 1. The molecule has 0 aliphatic heterocycles. The van der Waals surface area contributed by atoms with Gasteiger partial charge in [0.05, 0.1) is 6.54 Å². The van der Waals surface area contributed by atoms with Crippen molar-refractivity contribution in [2.45, 2.75) is 71.1 Å². The number of nitrogens with zero attached hydrogens (tertiary/aromatic N) is 2. The van der Waals surface area contributed by atoms with Crippen LogP contribution >= 0.6 is 24.0 Å². The molecule has 1 aliphatic carbocycles. The number of nitrogens with two attached hydrogens (primary N) is 1. The Bertz CT molecular complexity index is 490. The van der Waals surface area contributed by atoms with Gasteiger partial charge in [0.15, 0.2) is 5.96 Å². The molecule has 0 atom stereocenters. The molecule has 6 heteroatoms. The third kappa shape index (κ3) is 7.85. The van der Waals surface area contributed by atoms with E-state index in [1.807, 2.05) is 32.9 Å². The minimum atomic E-state index is -0.235. The largest absolute Gasteiger partial charge is 0.472 e. The highest BCUT2D eigenvalue weighted by molar-refractivity contribution is 14.0. The fraction of sp³-hybridized carbons (Fsp3) is 0.647. The molecule has 1 aromatic heterocycles. The second-order valence-electron chi connectivity index (χ2n) is 6.90. The summed E-state index contributed by atoms with van der Waals surface area (Å²) in [5, 5.41) is 3.31. The maximum absolute atomic E-state index is 5.96. The van der Waals surface area contributed by atoms with Crippen LogP contribution in [0.5, 0.6) is 5.88 Å². The van der Waals surface area contributed by atoms with Crippen molar-refractivity contribution < 1.29 is 4.74 Å². The van der Waals surface area contributed by atoms with Gasteiger partial charge in [-0.25, -0.2) is 9.98 Å². The molecule has 3 N–H and O–H groups in total. The summed E-state index contributed by atoms with van der Waals surface area (Å²) in [6, 6.07) is 4.34. The molecule has 23 heavy (non-hydrogen) atoms. The topological polar surface area (TPSA) is 72.5 Å². The zero-order chi connectivity index (χ0) is 16.0. The van der Waals surface area contributed by atoms with Gasteiger partial charge in [-0.15, -0.1) is 24.0 Å². The van der Waals surface area contributed by atoms with E-state index in [4.69, 9.17) is 10.5 Å². The van der Waals surface area contributed by atoms with Crippen LogP contribution < -0.4 is 15.8 Å². The number of halogens is 1. The van der Waals surface area contributed by atoms with Gasteiger partial charge >= 0.3 is 0 Å². The van der Waals surface area contributed by atoms with E-state index >= 15 is 0 Å². The van der Waals surface area contributed by atoms with Crippen molar-refractivity contribution in [3.63, 3.8) is 0 Å². The molecule has 1 aromatic rings. The van der Waals surface area contributed by atoms with E-state index in [1.54, 1.807) is 6.20 Å². The van der Waals surface area contributed by atoms with Crippen LogP contribution in [0, 0.1) is 0 Å². The number of ether oxygens (including phenoxy) is 1. The predicted octanol–water partition coefficient (Wildman–Crippen LogP) is 3.61. The summed E-state index contributed by atoms with van der Waals surface area (Å²) in [6.07, 6.45) is 8.07. The summed E-state index contributed by atoms with van der Waals surface area (Å²) < 4.78 is 5.70. The van der Waals surface area contributed by atoms with Gasteiger partial charge in [-0.05, 0) is 39.2 Å². The van der Waals surface area contributed by atoms with Crippen molar-refractivity contribution >= 4 is 29.9 Å². The Hall–Kier alpha value is -1.05. The molecule has 0 unspecified atom stereocenters. The van der Waals surface area contributed by atoms with Crippen molar-refractivity contribution in [2.24, 2.45) is 10.7 Å². The number of hydrogen-bond donors (Lipinski definition) is 2. The molecule has 0 aromatic carbocycles. The second kappa shape index (κ2) is 9.30. The number of aromatic nitrogens is 1. The quantitative estimate of drug-likeness (QED) is 0.433. The lowest BCUT2D eigenvalue weighted by Gasteiger charge is -2.23. The van der Waals surface area contributed by atoms with Crippen molar-refractivity contribution in [3.8, 4) is 5.88 Å². The number of aliphatic imine (C=N–C) groups is 1. The van der Waals surface area contributed by atoms with Crippen molar-refractivity contribution in [1.82, 2.24) is 10.3 Å². The smallest absolute Gasteiger partial charge is 0.213 e. The van der Waals surface area contributed by atoms with E-state index in [2.05, 4.69) is 15.3 Å². The first kappa shape index (κ1) is 20.0. The van der Waals surface area contributed by atoms with Crippen LogP contribution in [0.25, 0.3) is 0 Å². The van der Waals surface area contributed by atoms with Gasteiger partial charge in [-0.1, -0.05) is 25.3 Å². The monoisotopic (exact) mass is 432 g/mol. The second-order valence-corrected chi connectivity index (χ2v) is 6.90. The summed E-state index contributed by atoms with van der Waals surface area (Å²) in [6.45, 7) is 6.55. The Morgan fingerprint density at radius 1 is 1.30 bits per heavy atom. The Morgan fingerprint density at radius 2 is 2.00 bits per heavy atom. The lowest BCUT2D eigenvalue weighted by molar-refractivity contribution is 0.124. The molecule has 1 aliphatic rings. The number of nitrogens with one attached hydrogen (secondary N) is 1. The first-order chi connectivity index (χ1) is 10.4. The lowest BCUT2D eigenvalue weighted by Crippen LogP contribution is -2.41. The molecule has 0 spiro atoms. The molecule has 0 bridgehead atoms. The summed E-state index contributed by atoms with van der Waals surface area (Å²) >= 11 is 0. The summed E-state index contributed by atoms with van der Waals surface area (Å²) in [5.74, 6) is 1.16. The summed E-state index contributed by atoms with van der Waals surface area (Å²) in [4.78, 5) is 8.70. The fourth-order valence-corrected chi connectivity index (χ4v) is 2.56. The van der Waals surface area contributed by atoms with Gasteiger partial charge in [0.2, 0.25) is 5.88 Å². The molecule has 1 saturated carbocycles. The fourth-order valence-electron chi connectivity index (χ4n) is 2.56. The van der Waals surface area contributed by atoms with Crippen LogP contribution in [-0.4, -0.2) is 22.6 Å². The number of rotatable bonds is 4. The molecule has 5 nitrogen and oxygen atoms in total. The SMILES string of the molecule is CC(C)(C)Oc1ccc(CN=C(N)NC2CCCCC2)cn1.I. The molecule has 2 rings (SSSR count). The lowest BCUT2D eigenvalue weighted by atomic mass is 9.96. The van der Waals surface area contributed by atoms with Crippen molar-refractivity contribution in [2.75, 3.05) is 0 Å². The zero-order valence-corrected chi connectivity index (χ0v) is 16.7. The maximum Gasteiger partial charge on any atom is 0.213 e. The standard InChI is InChI=1S/C17H28N4O.HI/c1-17(2,3)22-15-10-9-13(11-19-15)12-20-16(18)21-14-7-5-4-6-8-14;/h9-11,14H,4-8,12H2,1-3H3,(H3,18,20,21);1H. The Labute approximate surface area is 156 Å². The van der Waals surface area contributed by atoms with E-state index in [0.29, 0.717) is 24.4 Å². The van der Waals surface area contributed by atoms with Crippen LogP contribution in [-0.2, 0) is 6.54 Å². The average molecular weight is 432 g/mol. The van der Waals surface area contributed by atoms with Crippen LogP contribution in [0.2, 0.25) is 0 Å². The van der Waals surface area contributed by atoms with E-state index < -0.39 is 0 Å². The van der Waals surface area contributed by atoms with Gasteiger partial charge in [-0.2, -0.15) is 0 Å². The van der Waals surface area contributed by atoms with Crippen LogP contribution in [0.15, 0.2) is 23.3 Å². The molecular weight excluding hydrogens is 403 g/mol. The molecule has 0 amide bonds. The molecule has 0 radical (unpaired) electrons. The molecule has 130 valence electrons. The average Bonchev–Trinajstić information content (AvgIpc) is 2.46. The van der Waals surface area contributed by atoms with Gasteiger partial charge in [-0.3, -0.25) is 0 Å². The molecule has 1 heterocycles. The predicted molar refractivity (Wildman–Crippen MR) is 105 cm³/mol. The maximum atomic E-state index is 5.96. The zero-order valence-electron chi connectivity index (χ0n) is 14.3. The van der Waals surface area contributed by atoms with E-state index in [1.165, 1.54) is 32.1 Å². The minimum Gasteiger partial charge on any atom is -0.472 e. The van der Waals surface area contributed by atoms with Crippen LogP contribution in [0.3, 0.4) is 0 Å². The van der Waals surface area contributed by atoms with E-state index in [0.717, 1.165) is 5.56 Å². The molecule has 0 saturated heterocycles. The van der Waals surface area contributed by atoms with Gasteiger partial charge in [0, 0.05) is 18.3 Å². The third-order valence-corrected chi connectivity index (χ3v) is 3.60. The third-order valence-electron chi connectivity index (χ3n) is 3.60. The van der Waals surface area contributed by atoms with Crippen LogP contribution in [0.4, 0.5) is 0 Å². The van der Waals surface area contributed by atoms with Crippen molar-refractivity contribution in [3.05, 3.63) is 23.9 Å². The van der Waals surface area contributed by atoms with Gasteiger partial charge in [0.25, 0.3) is 0 Å². The van der Waals surface area contributed by atoms with Gasteiger partial charge in [0.1, 0.15) is 5.60 Å². The summed E-state index contributed by atoms with van der Waals surface area (Å²) in [5.41, 5.74) is 6.75. The first-order valence-corrected chi connectivity index (χ1v) is 8.13.